The number of carbonyl (C=O) groups is 2. The van der Waals surface area contributed by atoms with Crippen molar-refractivity contribution >= 4 is 11.9 Å². The van der Waals surface area contributed by atoms with Crippen molar-refractivity contribution in [1.82, 2.24) is 0 Å². The van der Waals surface area contributed by atoms with Crippen molar-refractivity contribution in [3.05, 3.63) is 11.6 Å². The summed E-state index contributed by atoms with van der Waals surface area (Å²) < 4.78 is 55.0. The Kier molecular flexibility index (Phi) is 15.8. The molecule has 2 bridgehead atoms. The minimum absolute atomic E-state index is 0.103. The van der Waals surface area contributed by atoms with E-state index in [0.717, 1.165) is 38.5 Å². The van der Waals surface area contributed by atoms with Gasteiger partial charge in [0, 0.05) is 17.3 Å². The summed E-state index contributed by atoms with van der Waals surface area (Å²) in [4.78, 5) is 26.0. The van der Waals surface area contributed by atoms with Crippen LogP contribution >= 0.6 is 0 Å². The number of carboxylic acid groups (broad SMARTS) is 1. The summed E-state index contributed by atoms with van der Waals surface area (Å²) in [6.07, 6.45) is -29.8. The largest absolute Gasteiger partial charge is 0.479 e. The SMILES string of the molecule is C[C@@H]1O[C@@H](O[C@H]2[C@H](O[C@H]3[C@H](O[C@H]4CC[C@@]5(C)C(CC[C@]6(C)[C@@H]5CC=C5[C@@H]7C[C@]8(C)C[C@@H](OC8=O)[C@]7(C)CC[C@]56C)[C@@]4(C)CO)O[C@H](C(=O)O)[C@@H](O)[C@@H]3O)O[C@H](CO)[C@@H](O)[C@@H]2O[C@@H]2O[C@H](CO)[C@@H](O)[C@H](O)[C@H]2O)[C@H](O)[C@H](O)[C@H]1O. The number of allylic oxidation sites excluding steroid dienone is 2. The van der Waals surface area contributed by atoms with Gasteiger partial charge in [0.2, 0.25) is 0 Å². The lowest BCUT2D eigenvalue weighted by Crippen LogP contribution is -2.69. The van der Waals surface area contributed by atoms with Gasteiger partial charge in [-0.3, -0.25) is 4.79 Å². The number of esters is 1. The summed E-state index contributed by atoms with van der Waals surface area (Å²) in [5.74, 6) is -1.59. The second-order valence-electron chi connectivity index (χ2n) is 26.2. The number of carboxylic acids is 1. The topological polar surface area (TPSA) is 380 Å². The van der Waals surface area contributed by atoms with E-state index in [9.17, 15) is 76.0 Å². The maximum absolute atomic E-state index is 13.3. The van der Waals surface area contributed by atoms with Gasteiger partial charge < -0.3 is 109 Å². The molecule has 4 saturated carbocycles. The van der Waals surface area contributed by atoms with Crippen LogP contribution in [0.4, 0.5) is 0 Å². The molecule has 24 nitrogen and oxygen atoms in total. The van der Waals surface area contributed by atoms with Gasteiger partial charge in [0.1, 0.15) is 91.6 Å². The van der Waals surface area contributed by atoms with Crippen LogP contribution < -0.4 is 0 Å². The van der Waals surface area contributed by atoms with Crippen LogP contribution in [0.3, 0.4) is 0 Å². The highest BCUT2D eigenvalue weighted by molar-refractivity contribution is 5.79. The first kappa shape index (κ1) is 59.1. The number of aliphatic hydroxyl groups is 12. The lowest BCUT2D eigenvalue weighted by atomic mass is 9.33. The molecule has 0 amide bonds. The predicted molar refractivity (Wildman–Crippen MR) is 261 cm³/mol. The summed E-state index contributed by atoms with van der Waals surface area (Å²) in [5.41, 5.74) is -1.03. The van der Waals surface area contributed by atoms with Crippen molar-refractivity contribution in [2.45, 2.75) is 241 Å². The highest BCUT2D eigenvalue weighted by Crippen LogP contribution is 2.76. The first-order valence-corrected chi connectivity index (χ1v) is 27.9. The number of rotatable bonds is 12. The number of hydrogen-bond donors (Lipinski definition) is 13. The van der Waals surface area contributed by atoms with Crippen molar-refractivity contribution < 1.29 is 119 Å². The molecule has 10 aliphatic rings. The van der Waals surface area contributed by atoms with Gasteiger partial charge in [-0.1, -0.05) is 46.3 Å². The molecular formula is C54H84O24. The third-order valence-electron chi connectivity index (χ3n) is 22.1. The summed E-state index contributed by atoms with van der Waals surface area (Å²) in [6, 6.07) is 0. The fraction of sp³-hybridized carbons (Fsp3) is 0.926. The van der Waals surface area contributed by atoms with Crippen molar-refractivity contribution in [2.75, 3.05) is 19.8 Å². The Bertz CT molecular complexity index is 2260. The van der Waals surface area contributed by atoms with Crippen LogP contribution in [0.5, 0.6) is 0 Å². The van der Waals surface area contributed by atoms with Crippen LogP contribution in [0.2, 0.25) is 0 Å². The number of fused-ring (bicyclic) bond motifs is 10. The van der Waals surface area contributed by atoms with Crippen LogP contribution in [-0.4, -0.2) is 233 Å². The first-order valence-electron chi connectivity index (χ1n) is 27.9. The van der Waals surface area contributed by atoms with Crippen molar-refractivity contribution in [2.24, 2.45) is 50.2 Å². The molecule has 0 aromatic carbocycles. The van der Waals surface area contributed by atoms with E-state index in [2.05, 4.69) is 33.8 Å². The summed E-state index contributed by atoms with van der Waals surface area (Å²) >= 11 is 0. The smallest absolute Gasteiger partial charge is 0.335 e. The second-order valence-corrected chi connectivity index (χ2v) is 26.2. The summed E-state index contributed by atoms with van der Waals surface area (Å²) in [7, 11) is 0. The average Bonchev–Trinajstić information content (AvgIpc) is 3.68. The van der Waals surface area contributed by atoms with Crippen molar-refractivity contribution in [3.8, 4) is 0 Å². The summed E-state index contributed by atoms with van der Waals surface area (Å²) in [6.45, 7) is 12.5. The number of carbonyl (C=O) groups excluding carboxylic acids is 1. The van der Waals surface area contributed by atoms with Gasteiger partial charge in [0.25, 0.3) is 0 Å². The van der Waals surface area contributed by atoms with Gasteiger partial charge in [-0.15, -0.1) is 0 Å². The molecule has 0 aromatic heterocycles. The monoisotopic (exact) mass is 1120 g/mol. The number of hydrogen-bond acceptors (Lipinski definition) is 23. The zero-order valence-electron chi connectivity index (χ0n) is 45.3. The molecule has 5 aliphatic heterocycles. The van der Waals surface area contributed by atoms with E-state index in [0.29, 0.717) is 19.3 Å². The fourth-order valence-corrected chi connectivity index (χ4v) is 17.0. The molecule has 444 valence electrons. The van der Waals surface area contributed by atoms with Crippen LogP contribution in [0.1, 0.15) is 106 Å². The molecule has 0 aromatic rings. The Morgan fingerprint density at radius 3 is 1.86 bits per heavy atom. The van der Waals surface area contributed by atoms with E-state index < -0.39 is 159 Å². The van der Waals surface area contributed by atoms with Gasteiger partial charge in [0.15, 0.2) is 31.3 Å². The predicted octanol–water partition coefficient (Wildman–Crippen LogP) is -1.93. The van der Waals surface area contributed by atoms with Crippen molar-refractivity contribution in [3.63, 3.8) is 0 Å². The molecule has 9 fully saturated rings. The molecule has 5 heterocycles. The zero-order chi connectivity index (χ0) is 56.7. The lowest BCUT2D eigenvalue weighted by molar-refractivity contribution is -0.410. The highest BCUT2D eigenvalue weighted by Gasteiger charge is 2.72. The second kappa shape index (κ2) is 20.9. The Morgan fingerprint density at radius 2 is 1.21 bits per heavy atom. The normalized spacial score (nSPS) is 56.8. The van der Waals surface area contributed by atoms with Gasteiger partial charge >= 0.3 is 11.9 Å². The Morgan fingerprint density at radius 1 is 0.603 bits per heavy atom. The molecule has 10 rings (SSSR count). The van der Waals surface area contributed by atoms with Gasteiger partial charge in [-0.25, -0.2) is 4.79 Å². The number of aliphatic carboxylic acids is 1. The number of aliphatic hydroxyl groups excluding tert-OH is 12. The maximum Gasteiger partial charge on any atom is 0.335 e. The van der Waals surface area contributed by atoms with Crippen LogP contribution in [0.25, 0.3) is 0 Å². The summed E-state index contributed by atoms with van der Waals surface area (Å²) in [5, 5.41) is 142. The van der Waals surface area contributed by atoms with E-state index in [1.54, 1.807) is 0 Å². The van der Waals surface area contributed by atoms with Gasteiger partial charge in [-0.05, 0) is 99.2 Å². The van der Waals surface area contributed by atoms with E-state index >= 15 is 0 Å². The van der Waals surface area contributed by atoms with E-state index in [1.807, 2.05) is 13.8 Å². The van der Waals surface area contributed by atoms with Crippen LogP contribution in [0, 0.1) is 50.2 Å². The van der Waals surface area contributed by atoms with Crippen molar-refractivity contribution in [1.29, 1.82) is 0 Å². The number of ether oxygens (including phenoxy) is 9. The quantitative estimate of drug-likeness (QED) is 0.0575. The van der Waals surface area contributed by atoms with E-state index in [4.69, 9.17) is 42.6 Å². The fourth-order valence-electron chi connectivity index (χ4n) is 17.0. The van der Waals surface area contributed by atoms with Crippen LogP contribution in [-0.2, 0) is 52.2 Å². The van der Waals surface area contributed by atoms with Gasteiger partial charge in [-0.2, -0.15) is 0 Å². The highest BCUT2D eigenvalue weighted by atomic mass is 16.8. The molecule has 5 saturated heterocycles. The maximum atomic E-state index is 13.3. The molecule has 24 heteroatoms. The molecule has 13 N–H and O–H groups in total. The Labute approximate surface area is 452 Å². The average molecular weight is 1120 g/mol. The minimum Gasteiger partial charge on any atom is -0.479 e. The third-order valence-corrected chi connectivity index (χ3v) is 22.1. The standard InChI is InChI=1S/C54H84O24/c1-21-30(58)33(61)37(65)44(70-21)78-42-39(75-45-38(66)34(62)31(59)24(18-55)71-45)32(60)25(19-56)72-47(42)77-41-36(64)35(63)40(43(67)68)76-46(41)73-28-11-12-51(4)26(52(28,5)20-57)10-13-54(7)27(51)9-8-22-23-16-49(2)17-29(74-48(49)69)50(23,3)14-15-53(22,54)6/h8,21,23-42,44-47,55-66H,9-20H2,1-7H3,(H,67,68)/t21-,23-,24+,25+,26?,27+,28-,29+,30-,31+,32+,33+,34-,35-,36-,37+,38+,39-,40-,41+,42+,44-,45-,46+,47-,49+,50+,51-,52+,53+,54+/m0/s1. The molecule has 31 atom stereocenters. The molecule has 5 aliphatic carbocycles. The third kappa shape index (κ3) is 8.91. The molecule has 0 radical (unpaired) electrons. The zero-order valence-corrected chi connectivity index (χ0v) is 45.3. The van der Waals surface area contributed by atoms with Gasteiger partial charge in [0.05, 0.1) is 37.4 Å². The lowest BCUT2D eigenvalue weighted by Gasteiger charge is -2.71. The molecular weight excluding hydrogens is 1030 g/mol. The Hall–Kier alpha value is -2.12. The van der Waals surface area contributed by atoms with E-state index in [-0.39, 0.29) is 58.1 Å². The van der Waals surface area contributed by atoms with E-state index in [1.165, 1.54) is 12.5 Å². The first-order chi connectivity index (χ1) is 36.6. The molecule has 78 heavy (non-hydrogen) atoms. The molecule has 1 unspecified atom stereocenters. The minimum atomic E-state index is -2.19. The Balaban J connectivity index is 0.955. The van der Waals surface area contributed by atoms with Crippen LogP contribution in [0.15, 0.2) is 11.6 Å². The molecule has 0 spiro atoms.